The van der Waals surface area contributed by atoms with E-state index in [-0.39, 0.29) is 18.4 Å². The lowest BCUT2D eigenvalue weighted by Gasteiger charge is -2.27. The molecule has 1 saturated carbocycles. The van der Waals surface area contributed by atoms with Crippen LogP contribution in [0, 0.1) is 5.92 Å². The van der Waals surface area contributed by atoms with Crippen LogP contribution in [0.3, 0.4) is 0 Å². The van der Waals surface area contributed by atoms with Gasteiger partial charge >= 0.3 is 0 Å². The molecule has 0 saturated heterocycles. The molecule has 1 amide bonds. The van der Waals surface area contributed by atoms with Gasteiger partial charge in [-0.3, -0.25) is 4.79 Å². The van der Waals surface area contributed by atoms with Crippen molar-refractivity contribution in [1.29, 1.82) is 0 Å². The number of hydrogen-bond acceptors (Lipinski definition) is 4. The van der Waals surface area contributed by atoms with Crippen LogP contribution in [0.5, 0.6) is 5.75 Å². The Morgan fingerprint density at radius 3 is 2.67 bits per heavy atom. The summed E-state index contributed by atoms with van der Waals surface area (Å²) < 4.78 is 5.40. The van der Waals surface area contributed by atoms with E-state index in [0.717, 1.165) is 29.0 Å². The van der Waals surface area contributed by atoms with Crippen molar-refractivity contribution in [3.63, 3.8) is 0 Å². The summed E-state index contributed by atoms with van der Waals surface area (Å²) in [4.78, 5) is 13.2. The summed E-state index contributed by atoms with van der Waals surface area (Å²) in [5.41, 5.74) is 0.00452. The molecule has 0 radical (unpaired) electrons. The number of ether oxygens (including phenoxy) is 1. The van der Waals surface area contributed by atoms with E-state index in [1.165, 1.54) is 0 Å². The maximum absolute atomic E-state index is 12.2. The van der Waals surface area contributed by atoms with Gasteiger partial charge in [0.1, 0.15) is 11.4 Å². The van der Waals surface area contributed by atoms with Gasteiger partial charge in [-0.15, -0.1) is 11.3 Å². The summed E-state index contributed by atoms with van der Waals surface area (Å²) in [7, 11) is 0. The summed E-state index contributed by atoms with van der Waals surface area (Å²) in [6.07, 6.45) is 2.34. The second-order valence-electron chi connectivity index (χ2n) is 6.21. The monoisotopic (exact) mass is 345 g/mol. The molecule has 0 spiro atoms. The van der Waals surface area contributed by atoms with Gasteiger partial charge in [0.2, 0.25) is 5.91 Å². The number of thiophene rings is 1. The fourth-order valence-electron chi connectivity index (χ4n) is 2.87. The number of carbonyl (C=O) groups is 1. The summed E-state index contributed by atoms with van der Waals surface area (Å²) >= 11 is 1.54. The van der Waals surface area contributed by atoms with E-state index in [9.17, 15) is 9.90 Å². The van der Waals surface area contributed by atoms with Crippen molar-refractivity contribution >= 4 is 17.2 Å². The van der Waals surface area contributed by atoms with Gasteiger partial charge in [-0.2, -0.15) is 0 Å². The number of nitrogens with one attached hydrogen (secondary N) is 1. The summed E-state index contributed by atoms with van der Waals surface area (Å²) in [6, 6.07) is 11.4. The third-order valence-electron chi connectivity index (χ3n) is 4.35. The lowest BCUT2D eigenvalue weighted by molar-refractivity contribution is -0.122. The van der Waals surface area contributed by atoms with Crippen LogP contribution in [0.4, 0.5) is 0 Å². The zero-order valence-electron chi connectivity index (χ0n) is 13.8. The molecule has 1 atom stereocenters. The third kappa shape index (κ3) is 3.97. The topological polar surface area (TPSA) is 58.6 Å². The van der Waals surface area contributed by atoms with Crippen LogP contribution in [0.15, 0.2) is 41.8 Å². The van der Waals surface area contributed by atoms with Gasteiger partial charge in [0, 0.05) is 4.88 Å². The van der Waals surface area contributed by atoms with Crippen molar-refractivity contribution in [2.45, 2.75) is 31.8 Å². The third-order valence-corrected chi connectivity index (χ3v) is 5.39. The first kappa shape index (κ1) is 17.0. The minimum Gasteiger partial charge on any atom is -0.494 e. The second-order valence-corrected chi connectivity index (χ2v) is 7.15. The Morgan fingerprint density at radius 1 is 1.33 bits per heavy atom. The molecule has 1 aliphatic carbocycles. The first-order valence-corrected chi connectivity index (χ1v) is 9.24. The molecule has 1 aromatic carbocycles. The Labute approximate surface area is 146 Å². The molecule has 3 rings (SSSR count). The highest BCUT2D eigenvalue weighted by atomic mass is 32.1. The van der Waals surface area contributed by atoms with Crippen molar-refractivity contribution in [2.24, 2.45) is 5.92 Å². The Hall–Kier alpha value is -1.85. The number of carbonyl (C=O) groups excluding carboxylic acids is 1. The van der Waals surface area contributed by atoms with E-state index >= 15 is 0 Å². The molecular formula is C19H23NO3S. The Bertz CT molecular complexity index is 664. The van der Waals surface area contributed by atoms with Crippen LogP contribution >= 0.6 is 11.3 Å². The summed E-state index contributed by atoms with van der Waals surface area (Å²) in [5, 5.41) is 15.9. The van der Waals surface area contributed by atoms with E-state index in [0.29, 0.717) is 13.0 Å². The molecular weight excluding hydrogens is 322 g/mol. The highest BCUT2D eigenvalue weighted by Gasteiger charge is 2.45. The minimum absolute atomic E-state index is 0.0743. The lowest BCUT2D eigenvalue weighted by Crippen LogP contribution is -2.42. The first-order chi connectivity index (χ1) is 11.6. The highest BCUT2D eigenvalue weighted by molar-refractivity contribution is 7.10. The van der Waals surface area contributed by atoms with Crippen LogP contribution in [0.1, 0.15) is 30.2 Å². The molecule has 24 heavy (non-hydrogen) atoms. The molecule has 1 aliphatic rings. The zero-order valence-corrected chi connectivity index (χ0v) is 14.6. The normalized spacial score (nSPS) is 16.4. The predicted octanol–water partition coefficient (Wildman–Crippen LogP) is 3.10. The summed E-state index contributed by atoms with van der Waals surface area (Å²) in [6.45, 7) is 2.84. The molecule has 4 nitrogen and oxygen atoms in total. The maximum Gasteiger partial charge on any atom is 0.224 e. The first-order valence-electron chi connectivity index (χ1n) is 8.36. The van der Waals surface area contributed by atoms with Crippen LogP contribution in [-0.2, 0) is 16.8 Å². The van der Waals surface area contributed by atoms with Crippen molar-refractivity contribution in [3.8, 4) is 5.75 Å². The van der Waals surface area contributed by atoms with E-state index < -0.39 is 5.60 Å². The minimum atomic E-state index is -0.928. The van der Waals surface area contributed by atoms with Gasteiger partial charge in [0.05, 0.1) is 19.6 Å². The number of aliphatic hydroxyl groups is 1. The number of benzene rings is 1. The maximum atomic E-state index is 12.2. The van der Waals surface area contributed by atoms with Gasteiger partial charge in [0.15, 0.2) is 0 Å². The second kappa shape index (κ2) is 7.36. The van der Waals surface area contributed by atoms with E-state index in [1.54, 1.807) is 11.3 Å². The fraction of sp³-hybridized carbons (Fsp3) is 0.421. The zero-order chi connectivity index (χ0) is 17.0. The molecule has 1 heterocycles. The average Bonchev–Trinajstić information content (AvgIpc) is 3.30. The lowest BCUT2D eigenvalue weighted by atomic mass is 9.95. The van der Waals surface area contributed by atoms with Gasteiger partial charge in [-0.25, -0.2) is 0 Å². The summed E-state index contributed by atoms with van der Waals surface area (Å²) in [5.74, 6) is 0.985. The van der Waals surface area contributed by atoms with E-state index in [4.69, 9.17) is 4.74 Å². The largest absolute Gasteiger partial charge is 0.494 e. The molecule has 0 aliphatic heterocycles. The molecule has 0 unspecified atom stereocenters. The van der Waals surface area contributed by atoms with Crippen molar-refractivity contribution < 1.29 is 14.6 Å². The molecule has 0 bridgehead atoms. The number of rotatable bonds is 8. The molecule has 128 valence electrons. The molecule has 1 fully saturated rings. The number of amides is 1. The van der Waals surface area contributed by atoms with Crippen molar-refractivity contribution in [2.75, 3.05) is 13.2 Å². The molecule has 5 heteroatoms. The van der Waals surface area contributed by atoms with Crippen LogP contribution < -0.4 is 10.1 Å². The van der Waals surface area contributed by atoms with Gasteiger partial charge in [0.25, 0.3) is 0 Å². The van der Waals surface area contributed by atoms with Crippen molar-refractivity contribution in [3.05, 3.63) is 52.2 Å². The predicted molar refractivity (Wildman–Crippen MR) is 95.3 cm³/mol. The highest BCUT2D eigenvalue weighted by Crippen LogP contribution is 2.46. The van der Waals surface area contributed by atoms with Crippen LogP contribution in [-0.4, -0.2) is 24.2 Å². The Balaban J connectivity index is 1.56. The van der Waals surface area contributed by atoms with Crippen LogP contribution in [0.2, 0.25) is 0 Å². The SMILES string of the molecule is CCOc1ccc(CC(=O)NC[C@@](O)(c2cccs2)C2CC2)cc1. The number of hydrogen-bond donors (Lipinski definition) is 2. The fourth-order valence-corrected chi connectivity index (χ4v) is 3.77. The quantitative estimate of drug-likeness (QED) is 0.773. The van der Waals surface area contributed by atoms with Gasteiger partial charge in [-0.1, -0.05) is 18.2 Å². The molecule has 2 aromatic rings. The van der Waals surface area contributed by atoms with E-state index in [1.807, 2.05) is 48.7 Å². The van der Waals surface area contributed by atoms with Gasteiger partial charge in [-0.05, 0) is 54.8 Å². The van der Waals surface area contributed by atoms with Crippen molar-refractivity contribution in [1.82, 2.24) is 5.32 Å². The Kier molecular flexibility index (Phi) is 5.21. The standard InChI is InChI=1S/C19H23NO3S/c1-2-23-16-9-5-14(6-10-16)12-18(21)20-13-19(22,15-7-8-15)17-4-3-11-24-17/h3-6,9-11,15,22H,2,7-8,12-13H2,1H3,(H,20,21)/t19-/m0/s1. The molecule has 1 aromatic heterocycles. The molecule has 2 N–H and O–H groups in total. The Morgan fingerprint density at radius 2 is 2.08 bits per heavy atom. The van der Waals surface area contributed by atoms with Crippen LogP contribution in [0.25, 0.3) is 0 Å². The average molecular weight is 345 g/mol. The smallest absolute Gasteiger partial charge is 0.224 e. The van der Waals surface area contributed by atoms with Gasteiger partial charge < -0.3 is 15.2 Å². The van der Waals surface area contributed by atoms with E-state index in [2.05, 4.69) is 5.32 Å².